The quantitative estimate of drug-likeness (QED) is 0.593. The number of rotatable bonds is 7. The van der Waals surface area contributed by atoms with Gasteiger partial charge in [0.25, 0.3) is 0 Å². The van der Waals surface area contributed by atoms with Gasteiger partial charge in [-0.25, -0.2) is 0 Å². The van der Waals surface area contributed by atoms with Crippen LogP contribution in [-0.4, -0.2) is 17.8 Å². The monoisotopic (exact) mass is 248 g/mol. The van der Waals surface area contributed by atoms with Gasteiger partial charge in [-0.15, -0.1) is 11.8 Å². The topological polar surface area (TPSA) is 35.8 Å². The molecule has 2 nitrogen and oxygen atoms in total. The molecular weight excluding hydrogens is 228 g/mol. The van der Waals surface area contributed by atoms with E-state index >= 15 is 0 Å². The summed E-state index contributed by atoms with van der Waals surface area (Å²) in [4.78, 5) is 1.30. The third kappa shape index (κ3) is 5.25. The van der Waals surface area contributed by atoms with Gasteiger partial charge in [0.15, 0.2) is 0 Å². The molecule has 0 fully saturated rings. The van der Waals surface area contributed by atoms with Crippen molar-refractivity contribution >= 4 is 11.8 Å². The SMILES string of the molecule is CCNC(C)(C#N)CCCSc1ccccc1. The zero-order valence-corrected chi connectivity index (χ0v) is 11.4. The minimum atomic E-state index is -0.369. The number of hydrogen-bond acceptors (Lipinski definition) is 3. The molecule has 0 aliphatic rings. The van der Waals surface area contributed by atoms with E-state index in [1.54, 1.807) is 0 Å². The third-order valence-corrected chi connectivity index (χ3v) is 3.75. The van der Waals surface area contributed by atoms with Crippen LogP contribution in [0.4, 0.5) is 0 Å². The molecule has 1 atom stereocenters. The Morgan fingerprint density at radius 2 is 2.06 bits per heavy atom. The van der Waals surface area contributed by atoms with Crippen molar-refractivity contribution in [1.82, 2.24) is 5.32 Å². The third-order valence-electron chi connectivity index (χ3n) is 2.65. The van der Waals surface area contributed by atoms with Gasteiger partial charge < -0.3 is 0 Å². The maximum absolute atomic E-state index is 9.11. The summed E-state index contributed by atoms with van der Waals surface area (Å²) in [7, 11) is 0. The standard InChI is InChI=1S/C14H20N2S/c1-3-16-14(2,12-15)10-7-11-17-13-8-5-4-6-9-13/h4-6,8-9,16H,3,7,10-11H2,1-2H3. The zero-order valence-electron chi connectivity index (χ0n) is 10.6. The fourth-order valence-corrected chi connectivity index (χ4v) is 2.58. The Bertz CT molecular complexity index is 358. The first-order valence-electron chi connectivity index (χ1n) is 6.04. The summed E-state index contributed by atoms with van der Waals surface area (Å²) >= 11 is 1.85. The Kier molecular flexibility index (Phi) is 6.10. The van der Waals surface area contributed by atoms with Gasteiger partial charge in [-0.3, -0.25) is 5.32 Å². The summed E-state index contributed by atoms with van der Waals surface area (Å²) in [5.41, 5.74) is -0.369. The minimum absolute atomic E-state index is 0.369. The molecule has 0 saturated carbocycles. The van der Waals surface area contributed by atoms with Crippen molar-refractivity contribution in [3.63, 3.8) is 0 Å². The van der Waals surface area contributed by atoms with Gasteiger partial charge in [-0.2, -0.15) is 5.26 Å². The Labute approximate surface area is 108 Å². The van der Waals surface area contributed by atoms with E-state index in [9.17, 15) is 0 Å². The highest BCUT2D eigenvalue weighted by atomic mass is 32.2. The average Bonchev–Trinajstić information content (AvgIpc) is 2.36. The normalized spacial score (nSPS) is 13.9. The van der Waals surface area contributed by atoms with E-state index in [2.05, 4.69) is 35.7 Å². The summed E-state index contributed by atoms with van der Waals surface area (Å²) in [5.74, 6) is 1.06. The van der Waals surface area contributed by atoms with Gasteiger partial charge in [0.1, 0.15) is 5.54 Å². The second kappa shape index (κ2) is 7.37. The van der Waals surface area contributed by atoms with Crippen molar-refractivity contribution in [2.24, 2.45) is 0 Å². The van der Waals surface area contributed by atoms with Crippen LogP contribution in [0.15, 0.2) is 35.2 Å². The van der Waals surface area contributed by atoms with Crippen LogP contribution in [0.5, 0.6) is 0 Å². The first-order chi connectivity index (χ1) is 8.20. The van der Waals surface area contributed by atoms with Gasteiger partial charge >= 0.3 is 0 Å². The first kappa shape index (κ1) is 14.1. The van der Waals surface area contributed by atoms with Gasteiger partial charge in [0.05, 0.1) is 6.07 Å². The van der Waals surface area contributed by atoms with Gasteiger partial charge in [-0.1, -0.05) is 25.1 Å². The minimum Gasteiger partial charge on any atom is -0.300 e. The molecule has 1 aromatic rings. The summed E-state index contributed by atoms with van der Waals surface area (Å²) in [6, 6.07) is 12.7. The van der Waals surface area contributed by atoms with Crippen molar-refractivity contribution in [2.45, 2.75) is 37.1 Å². The van der Waals surface area contributed by atoms with E-state index in [-0.39, 0.29) is 5.54 Å². The Balaban J connectivity index is 2.26. The average molecular weight is 248 g/mol. The molecule has 0 bridgehead atoms. The second-order valence-corrected chi connectivity index (χ2v) is 5.41. The van der Waals surface area contributed by atoms with Crippen LogP contribution in [0.3, 0.4) is 0 Å². The molecule has 1 unspecified atom stereocenters. The molecule has 0 aliphatic carbocycles. The Hall–Kier alpha value is -0.980. The molecule has 0 aromatic heterocycles. The maximum atomic E-state index is 9.11. The molecule has 0 heterocycles. The lowest BCUT2D eigenvalue weighted by Gasteiger charge is -2.22. The van der Waals surface area contributed by atoms with Gasteiger partial charge in [0, 0.05) is 4.90 Å². The first-order valence-corrected chi connectivity index (χ1v) is 7.03. The Morgan fingerprint density at radius 1 is 1.35 bits per heavy atom. The largest absolute Gasteiger partial charge is 0.300 e. The van der Waals surface area contributed by atoms with Crippen LogP contribution in [0.1, 0.15) is 26.7 Å². The molecule has 0 saturated heterocycles. The van der Waals surface area contributed by atoms with Crippen molar-refractivity contribution in [2.75, 3.05) is 12.3 Å². The van der Waals surface area contributed by atoms with Crippen molar-refractivity contribution < 1.29 is 0 Å². The number of benzene rings is 1. The zero-order chi connectivity index (χ0) is 12.6. The van der Waals surface area contributed by atoms with E-state index in [1.807, 2.05) is 31.7 Å². The van der Waals surface area contributed by atoms with E-state index in [0.29, 0.717) is 0 Å². The van der Waals surface area contributed by atoms with Gasteiger partial charge in [0.2, 0.25) is 0 Å². The molecule has 0 aliphatic heterocycles. The van der Waals surface area contributed by atoms with Gasteiger partial charge in [-0.05, 0) is 44.2 Å². The van der Waals surface area contributed by atoms with Crippen LogP contribution < -0.4 is 5.32 Å². The van der Waals surface area contributed by atoms with Crippen molar-refractivity contribution in [3.8, 4) is 6.07 Å². The van der Waals surface area contributed by atoms with E-state index in [4.69, 9.17) is 5.26 Å². The van der Waals surface area contributed by atoms with Crippen molar-refractivity contribution in [1.29, 1.82) is 5.26 Å². The summed E-state index contributed by atoms with van der Waals surface area (Å²) in [6.07, 6.45) is 1.95. The number of hydrogen-bond donors (Lipinski definition) is 1. The summed E-state index contributed by atoms with van der Waals surface area (Å²) in [5, 5.41) is 12.4. The highest BCUT2D eigenvalue weighted by Crippen LogP contribution is 2.20. The lowest BCUT2D eigenvalue weighted by Crippen LogP contribution is -2.40. The molecule has 0 amide bonds. The predicted molar refractivity (Wildman–Crippen MR) is 74.1 cm³/mol. The van der Waals surface area contributed by atoms with Crippen molar-refractivity contribution in [3.05, 3.63) is 30.3 Å². The smallest absolute Gasteiger partial charge is 0.103 e. The lowest BCUT2D eigenvalue weighted by atomic mass is 9.98. The van der Waals surface area contributed by atoms with Crippen LogP contribution >= 0.6 is 11.8 Å². The van der Waals surface area contributed by atoms with Crippen LogP contribution in [0.2, 0.25) is 0 Å². The van der Waals surface area contributed by atoms with E-state index < -0.39 is 0 Å². The molecule has 1 aromatic carbocycles. The van der Waals surface area contributed by atoms with Crippen LogP contribution in [0.25, 0.3) is 0 Å². The second-order valence-electron chi connectivity index (χ2n) is 4.24. The maximum Gasteiger partial charge on any atom is 0.103 e. The summed E-state index contributed by atoms with van der Waals surface area (Å²) in [6.45, 7) is 4.86. The molecule has 17 heavy (non-hydrogen) atoms. The Morgan fingerprint density at radius 3 is 2.65 bits per heavy atom. The van der Waals surface area contributed by atoms with E-state index in [0.717, 1.165) is 25.1 Å². The highest BCUT2D eigenvalue weighted by Gasteiger charge is 2.21. The summed E-state index contributed by atoms with van der Waals surface area (Å²) < 4.78 is 0. The molecule has 1 rings (SSSR count). The van der Waals surface area contributed by atoms with E-state index in [1.165, 1.54) is 4.90 Å². The fraction of sp³-hybridized carbons (Fsp3) is 0.500. The highest BCUT2D eigenvalue weighted by molar-refractivity contribution is 7.99. The number of thioether (sulfide) groups is 1. The molecule has 92 valence electrons. The number of nitriles is 1. The predicted octanol–water partition coefficient (Wildman–Crippen LogP) is 3.45. The number of nitrogens with one attached hydrogen (secondary N) is 1. The molecule has 3 heteroatoms. The van der Waals surface area contributed by atoms with Crippen LogP contribution in [0, 0.1) is 11.3 Å². The molecule has 0 radical (unpaired) electrons. The molecule has 1 N–H and O–H groups in total. The molecule has 0 spiro atoms. The lowest BCUT2D eigenvalue weighted by molar-refractivity contribution is 0.426. The number of nitrogens with zero attached hydrogens (tertiary/aromatic N) is 1. The fourth-order valence-electron chi connectivity index (χ4n) is 1.71. The molecular formula is C14H20N2S. The van der Waals surface area contributed by atoms with Crippen LogP contribution in [-0.2, 0) is 0 Å².